The third-order valence-electron chi connectivity index (χ3n) is 4.84. The molecular formula is C27H52O12. The Labute approximate surface area is 234 Å². The topological polar surface area (TPSA) is 126 Å². The summed E-state index contributed by atoms with van der Waals surface area (Å²) in [6.07, 6.45) is 3.74. The highest BCUT2D eigenvalue weighted by atomic mass is 16.6. The normalized spacial score (nSPS) is 11.1. The minimum Gasteiger partial charge on any atom is -0.466 e. The molecule has 0 saturated heterocycles. The molecule has 0 aliphatic rings. The van der Waals surface area contributed by atoms with Crippen LogP contribution in [0, 0.1) is 0 Å². The van der Waals surface area contributed by atoms with Crippen molar-refractivity contribution >= 4 is 11.9 Å². The van der Waals surface area contributed by atoms with Crippen molar-refractivity contribution in [2.45, 2.75) is 46.0 Å². The fourth-order valence-corrected chi connectivity index (χ4v) is 2.84. The first-order chi connectivity index (χ1) is 19.2. The summed E-state index contributed by atoms with van der Waals surface area (Å²) in [5, 5.41) is 0. The van der Waals surface area contributed by atoms with Gasteiger partial charge in [0.25, 0.3) is 0 Å². The molecule has 0 atom stereocenters. The lowest BCUT2D eigenvalue weighted by molar-refractivity contribution is -0.146. The van der Waals surface area contributed by atoms with Gasteiger partial charge < -0.3 is 47.4 Å². The van der Waals surface area contributed by atoms with Crippen LogP contribution in [0.15, 0.2) is 0 Å². The SMILES string of the molecule is CCCCCC(=O)OCCOCCOCCOCCOCCOCCOCCOCCOCCC(=O)OCC. The smallest absolute Gasteiger partial charge is 0.308 e. The van der Waals surface area contributed by atoms with E-state index < -0.39 is 0 Å². The molecule has 0 spiro atoms. The van der Waals surface area contributed by atoms with Crippen LogP contribution in [0.2, 0.25) is 0 Å². The van der Waals surface area contributed by atoms with Crippen LogP contribution >= 0.6 is 0 Å². The minimum absolute atomic E-state index is 0.162. The Morgan fingerprint density at radius 2 is 0.718 bits per heavy atom. The first-order valence-corrected chi connectivity index (χ1v) is 14.1. The van der Waals surface area contributed by atoms with Gasteiger partial charge in [0.2, 0.25) is 0 Å². The molecule has 39 heavy (non-hydrogen) atoms. The molecule has 0 amide bonds. The molecule has 0 radical (unpaired) electrons. The second kappa shape index (κ2) is 32.8. The van der Waals surface area contributed by atoms with Crippen LogP contribution in [-0.2, 0) is 57.0 Å². The summed E-state index contributed by atoms with van der Waals surface area (Å²) < 4.78 is 53.1. The Morgan fingerprint density at radius 1 is 0.385 bits per heavy atom. The van der Waals surface area contributed by atoms with E-state index in [-0.39, 0.29) is 25.0 Å². The van der Waals surface area contributed by atoms with Gasteiger partial charge in [-0.05, 0) is 13.3 Å². The molecule has 12 heteroatoms. The summed E-state index contributed by atoms with van der Waals surface area (Å²) in [7, 11) is 0. The molecule has 0 rings (SSSR count). The maximum atomic E-state index is 11.4. The van der Waals surface area contributed by atoms with Crippen LogP contribution in [-0.4, -0.2) is 131 Å². The Bertz CT molecular complexity index is 521. The van der Waals surface area contributed by atoms with E-state index >= 15 is 0 Å². The average Bonchev–Trinajstić information content (AvgIpc) is 2.93. The van der Waals surface area contributed by atoms with E-state index in [4.69, 9.17) is 47.4 Å². The van der Waals surface area contributed by atoms with Gasteiger partial charge in [-0.3, -0.25) is 9.59 Å². The van der Waals surface area contributed by atoms with Gasteiger partial charge in [-0.1, -0.05) is 19.8 Å². The van der Waals surface area contributed by atoms with Crippen LogP contribution in [0.5, 0.6) is 0 Å². The van der Waals surface area contributed by atoms with Crippen molar-refractivity contribution in [2.75, 3.05) is 119 Å². The number of carbonyl (C=O) groups excluding carboxylic acids is 2. The van der Waals surface area contributed by atoms with E-state index in [0.717, 1.165) is 19.3 Å². The van der Waals surface area contributed by atoms with Gasteiger partial charge >= 0.3 is 11.9 Å². The molecule has 232 valence electrons. The molecule has 0 aliphatic heterocycles. The van der Waals surface area contributed by atoms with Gasteiger partial charge in [-0.25, -0.2) is 0 Å². The maximum Gasteiger partial charge on any atom is 0.308 e. The standard InChI is InChI=1S/C27H52O12/c1-3-5-6-7-26(28)39-25-24-37-23-22-36-21-20-35-19-18-34-17-16-33-15-14-32-13-12-31-11-10-30-9-8-27(29)38-4-2/h3-25H2,1-2H3. The molecule has 0 heterocycles. The van der Waals surface area contributed by atoms with E-state index in [1.54, 1.807) is 6.92 Å². The molecule has 12 nitrogen and oxygen atoms in total. The number of esters is 2. The summed E-state index contributed by atoms with van der Waals surface area (Å²) in [6, 6.07) is 0. The van der Waals surface area contributed by atoms with E-state index in [2.05, 4.69) is 6.92 Å². The lowest BCUT2D eigenvalue weighted by Crippen LogP contribution is -2.15. The predicted octanol–water partition coefficient (Wildman–Crippen LogP) is 2.20. The zero-order valence-corrected chi connectivity index (χ0v) is 24.2. The van der Waals surface area contributed by atoms with Crippen LogP contribution in [0.25, 0.3) is 0 Å². The number of hydrogen-bond donors (Lipinski definition) is 0. The molecule has 0 fully saturated rings. The first kappa shape index (κ1) is 37.6. The van der Waals surface area contributed by atoms with Crippen molar-refractivity contribution in [3.8, 4) is 0 Å². The fourth-order valence-electron chi connectivity index (χ4n) is 2.84. The van der Waals surface area contributed by atoms with Crippen molar-refractivity contribution in [1.82, 2.24) is 0 Å². The second-order valence-electron chi connectivity index (χ2n) is 8.13. The summed E-state index contributed by atoms with van der Waals surface area (Å²) in [5.74, 6) is -0.414. The Balaban J connectivity index is 3.09. The third kappa shape index (κ3) is 32.7. The lowest BCUT2D eigenvalue weighted by Gasteiger charge is -2.09. The molecule has 0 aliphatic carbocycles. The Morgan fingerprint density at radius 3 is 1.08 bits per heavy atom. The van der Waals surface area contributed by atoms with Gasteiger partial charge in [0, 0.05) is 6.42 Å². The fraction of sp³-hybridized carbons (Fsp3) is 0.926. The van der Waals surface area contributed by atoms with Gasteiger partial charge in [0.15, 0.2) is 0 Å². The van der Waals surface area contributed by atoms with Crippen molar-refractivity contribution in [2.24, 2.45) is 0 Å². The molecule has 0 N–H and O–H groups in total. The number of hydrogen-bond acceptors (Lipinski definition) is 12. The van der Waals surface area contributed by atoms with Crippen LogP contribution in [0.4, 0.5) is 0 Å². The molecule has 0 bridgehead atoms. The van der Waals surface area contributed by atoms with Crippen LogP contribution in [0.1, 0.15) is 46.0 Å². The van der Waals surface area contributed by atoms with Crippen molar-refractivity contribution in [3.63, 3.8) is 0 Å². The largest absolute Gasteiger partial charge is 0.466 e. The molecular weight excluding hydrogens is 516 g/mol. The van der Waals surface area contributed by atoms with E-state index in [1.807, 2.05) is 0 Å². The lowest BCUT2D eigenvalue weighted by atomic mass is 10.2. The molecule has 0 unspecified atom stereocenters. The summed E-state index contributed by atoms with van der Waals surface area (Å²) in [6.45, 7) is 11.9. The Kier molecular flexibility index (Phi) is 31.7. The highest BCUT2D eigenvalue weighted by Crippen LogP contribution is 2.00. The van der Waals surface area contributed by atoms with Gasteiger partial charge in [-0.2, -0.15) is 0 Å². The second-order valence-corrected chi connectivity index (χ2v) is 8.13. The molecule has 0 saturated carbocycles. The van der Waals surface area contributed by atoms with E-state index in [0.29, 0.717) is 119 Å². The first-order valence-electron chi connectivity index (χ1n) is 14.1. The number of rotatable bonds is 32. The van der Waals surface area contributed by atoms with Gasteiger partial charge in [0.1, 0.15) is 6.61 Å². The number of ether oxygens (including phenoxy) is 10. The molecule has 0 aromatic heterocycles. The Hall–Kier alpha value is -1.38. The highest BCUT2D eigenvalue weighted by molar-refractivity contribution is 5.69. The van der Waals surface area contributed by atoms with Crippen LogP contribution in [0.3, 0.4) is 0 Å². The highest BCUT2D eigenvalue weighted by Gasteiger charge is 2.02. The van der Waals surface area contributed by atoms with Gasteiger partial charge in [0.05, 0.1) is 119 Å². The number of carbonyl (C=O) groups is 2. The van der Waals surface area contributed by atoms with Crippen LogP contribution < -0.4 is 0 Å². The van der Waals surface area contributed by atoms with Crippen molar-refractivity contribution in [3.05, 3.63) is 0 Å². The summed E-state index contributed by atoms with van der Waals surface area (Å²) in [4.78, 5) is 22.5. The summed E-state index contributed by atoms with van der Waals surface area (Å²) in [5.41, 5.74) is 0. The van der Waals surface area contributed by atoms with E-state index in [9.17, 15) is 9.59 Å². The maximum absolute atomic E-state index is 11.4. The zero-order valence-electron chi connectivity index (χ0n) is 24.2. The number of unbranched alkanes of at least 4 members (excludes halogenated alkanes) is 2. The van der Waals surface area contributed by atoms with Crippen molar-refractivity contribution in [1.29, 1.82) is 0 Å². The molecule has 0 aromatic rings. The quantitative estimate of drug-likeness (QED) is 0.0872. The average molecular weight is 569 g/mol. The molecule has 0 aromatic carbocycles. The van der Waals surface area contributed by atoms with Gasteiger partial charge in [-0.15, -0.1) is 0 Å². The zero-order chi connectivity index (χ0) is 28.5. The van der Waals surface area contributed by atoms with Crippen molar-refractivity contribution < 1.29 is 57.0 Å². The van der Waals surface area contributed by atoms with E-state index in [1.165, 1.54) is 0 Å². The third-order valence-corrected chi connectivity index (χ3v) is 4.84. The monoisotopic (exact) mass is 568 g/mol. The predicted molar refractivity (Wildman–Crippen MR) is 143 cm³/mol. The minimum atomic E-state index is -0.252. The summed E-state index contributed by atoms with van der Waals surface area (Å²) >= 11 is 0.